The van der Waals surface area contributed by atoms with E-state index in [0.717, 1.165) is 51.7 Å². The number of likely N-dealkylation sites (tertiary alicyclic amines) is 1. The molecule has 1 unspecified atom stereocenters. The zero-order valence-electron chi connectivity index (χ0n) is 12.9. The second kappa shape index (κ2) is 9.26. The minimum atomic E-state index is -0.0161. The number of carbonyl (C=O) groups excluding carboxylic acids is 2. The predicted octanol–water partition coefficient (Wildman–Crippen LogP) is 1.17. The van der Waals surface area contributed by atoms with Crippen molar-refractivity contribution in [2.75, 3.05) is 32.7 Å². The largest absolute Gasteiger partial charge is 0.355 e. The summed E-state index contributed by atoms with van der Waals surface area (Å²) in [6.45, 7) is 6.05. The molecular formula is C15H28ClN3O2. The van der Waals surface area contributed by atoms with Gasteiger partial charge in [0.25, 0.3) is 0 Å². The van der Waals surface area contributed by atoms with Crippen LogP contribution in [-0.2, 0) is 9.59 Å². The Balaban J connectivity index is 0.00000220. The van der Waals surface area contributed by atoms with Gasteiger partial charge in [0.15, 0.2) is 0 Å². The van der Waals surface area contributed by atoms with Crippen LogP contribution in [0.15, 0.2) is 0 Å². The molecule has 1 heterocycles. The summed E-state index contributed by atoms with van der Waals surface area (Å²) in [4.78, 5) is 26.1. The molecule has 2 N–H and O–H groups in total. The first-order valence-corrected chi connectivity index (χ1v) is 7.99. The van der Waals surface area contributed by atoms with Crippen molar-refractivity contribution in [2.45, 2.75) is 39.0 Å². The first-order chi connectivity index (χ1) is 9.72. The van der Waals surface area contributed by atoms with E-state index in [1.165, 1.54) is 0 Å². The second-order valence-corrected chi connectivity index (χ2v) is 5.94. The zero-order chi connectivity index (χ0) is 14.4. The summed E-state index contributed by atoms with van der Waals surface area (Å²) in [6.07, 6.45) is 5.03. The Labute approximate surface area is 133 Å². The van der Waals surface area contributed by atoms with Crippen LogP contribution in [0, 0.1) is 11.8 Å². The third-order valence-electron chi connectivity index (χ3n) is 4.06. The molecule has 21 heavy (non-hydrogen) atoms. The molecule has 2 fully saturated rings. The van der Waals surface area contributed by atoms with Crippen molar-refractivity contribution in [1.29, 1.82) is 0 Å². The summed E-state index contributed by atoms with van der Waals surface area (Å²) in [7, 11) is 0. The van der Waals surface area contributed by atoms with Crippen molar-refractivity contribution in [2.24, 2.45) is 11.8 Å². The maximum Gasteiger partial charge on any atom is 0.225 e. The molecule has 6 heteroatoms. The average molecular weight is 318 g/mol. The number of nitrogens with zero attached hydrogens (tertiary/aromatic N) is 1. The number of rotatable bonds is 7. The summed E-state index contributed by atoms with van der Waals surface area (Å²) in [5.74, 6) is 0.622. The van der Waals surface area contributed by atoms with Crippen LogP contribution in [0.25, 0.3) is 0 Å². The van der Waals surface area contributed by atoms with E-state index >= 15 is 0 Å². The molecule has 5 nitrogen and oxygen atoms in total. The van der Waals surface area contributed by atoms with Gasteiger partial charge in [0.2, 0.25) is 11.8 Å². The zero-order valence-corrected chi connectivity index (χ0v) is 13.7. The fourth-order valence-electron chi connectivity index (χ4n) is 2.70. The van der Waals surface area contributed by atoms with E-state index in [4.69, 9.17) is 0 Å². The number of nitrogens with one attached hydrogen (secondary N) is 2. The molecule has 0 aromatic heterocycles. The van der Waals surface area contributed by atoms with E-state index in [1.54, 1.807) is 0 Å². The summed E-state index contributed by atoms with van der Waals surface area (Å²) < 4.78 is 0. The number of piperidine rings is 1. The van der Waals surface area contributed by atoms with Crippen LogP contribution in [-0.4, -0.2) is 49.4 Å². The lowest BCUT2D eigenvalue weighted by atomic mass is 9.96. The molecule has 1 saturated heterocycles. The van der Waals surface area contributed by atoms with Crippen molar-refractivity contribution >= 4 is 24.2 Å². The molecular weight excluding hydrogens is 290 g/mol. The van der Waals surface area contributed by atoms with Crippen molar-refractivity contribution in [1.82, 2.24) is 15.5 Å². The summed E-state index contributed by atoms with van der Waals surface area (Å²) in [6, 6.07) is 0. The topological polar surface area (TPSA) is 61.4 Å². The Morgan fingerprint density at radius 2 is 1.86 bits per heavy atom. The Morgan fingerprint density at radius 1 is 1.10 bits per heavy atom. The highest BCUT2D eigenvalue weighted by atomic mass is 35.5. The first kappa shape index (κ1) is 18.2. The van der Waals surface area contributed by atoms with E-state index in [0.29, 0.717) is 13.1 Å². The first-order valence-electron chi connectivity index (χ1n) is 7.99. The van der Waals surface area contributed by atoms with Crippen molar-refractivity contribution in [3.63, 3.8) is 0 Å². The Hall–Kier alpha value is -0.810. The molecule has 0 radical (unpaired) electrons. The molecule has 0 bridgehead atoms. The van der Waals surface area contributed by atoms with Gasteiger partial charge in [-0.25, -0.2) is 0 Å². The summed E-state index contributed by atoms with van der Waals surface area (Å²) >= 11 is 0. The van der Waals surface area contributed by atoms with Gasteiger partial charge in [-0.2, -0.15) is 0 Å². The van der Waals surface area contributed by atoms with E-state index in [9.17, 15) is 9.59 Å². The predicted molar refractivity (Wildman–Crippen MR) is 85.4 cm³/mol. The Kier molecular flexibility index (Phi) is 8.04. The standard InChI is InChI=1S/C15H27N3O2.ClH/c1-2-7-16-8-9-17-14(19)13-4-3-10-18(11-13)15(20)12-5-6-12;/h12-13,16H,2-11H2,1H3,(H,17,19);1H. The highest BCUT2D eigenvalue weighted by Crippen LogP contribution is 2.32. The van der Waals surface area contributed by atoms with Crippen LogP contribution in [0.2, 0.25) is 0 Å². The number of hydrogen-bond donors (Lipinski definition) is 2. The third-order valence-corrected chi connectivity index (χ3v) is 4.06. The van der Waals surface area contributed by atoms with Gasteiger partial charge < -0.3 is 15.5 Å². The quantitative estimate of drug-likeness (QED) is 0.693. The molecule has 1 aliphatic heterocycles. The van der Waals surface area contributed by atoms with Crippen LogP contribution >= 0.6 is 12.4 Å². The maximum absolute atomic E-state index is 12.1. The molecule has 1 saturated carbocycles. The molecule has 1 atom stereocenters. The van der Waals surface area contributed by atoms with Gasteiger partial charge in [-0.15, -0.1) is 12.4 Å². The summed E-state index contributed by atoms with van der Waals surface area (Å²) in [5.41, 5.74) is 0. The van der Waals surface area contributed by atoms with Crippen LogP contribution in [0.5, 0.6) is 0 Å². The smallest absolute Gasteiger partial charge is 0.225 e. The van der Waals surface area contributed by atoms with E-state index in [2.05, 4.69) is 17.6 Å². The minimum Gasteiger partial charge on any atom is -0.355 e. The van der Waals surface area contributed by atoms with Crippen molar-refractivity contribution in [3.8, 4) is 0 Å². The molecule has 2 rings (SSSR count). The van der Waals surface area contributed by atoms with Crippen LogP contribution in [0.3, 0.4) is 0 Å². The average Bonchev–Trinajstić information content (AvgIpc) is 3.31. The van der Waals surface area contributed by atoms with Gasteiger partial charge in [-0.3, -0.25) is 9.59 Å². The van der Waals surface area contributed by atoms with Gasteiger partial charge in [0.1, 0.15) is 0 Å². The number of carbonyl (C=O) groups is 2. The van der Waals surface area contributed by atoms with E-state index in [-0.39, 0.29) is 36.1 Å². The minimum absolute atomic E-state index is 0. The van der Waals surface area contributed by atoms with Crippen molar-refractivity contribution in [3.05, 3.63) is 0 Å². The monoisotopic (exact) mass is 317 g/mol. The molecule has 2 aliphatic rings. The molecule has 0 aromatic carbocycles. The highest BCUT2D eigenvalue weighted by molar-refractivity contribution is 5.85. The normalized spacial score (nSPS) is 21.6. The number of halogens is 1. The molecule has 0 aromatic rings. The maximum atomic E-state index is 12.1. The van der Waals surface area contributed by atoms with E-state index < -0.39 is 0 Å². The summed E-state index contributed by atoms with van der Waals surface area (Å²) in [5, 5.41) is 6.24. The van der Waals surface area contributed by atoms with Gasteiger partial charge in [-0.1, -0.05) is 6.92 Å². The molecule has 2 amide bonds. The lowest BCUT2D eigenvalue weighted by Crippen LogP contribution is -2.46. The highest BCUT2D eigenvalue weighted by Gasteiger charge is 2.36. The van der Waals surface area contributed by atoms with Crippen LogP contribution in [0.4, 0.5) is 0 Å². The third kappa shape index (κ3) is 5.83. The second-order valence-electron chi connectivity index (χ2n) is 5.94. The SMILES string of the molecule is CCCNCCNC(=O)C1CCCN(C(=O)C2CC2)C1.Cl. The fraction of sp³-hybridized carbons (Fsp3) is 0.867. The lowest BCUT2D eigenvalue weighted by Gasteiger charge is -2.32. The molecule has 1 aliphatic carbocycles. The fourth-order valence-corrected chi connectivity index (χ4v) is 2.70. The Morgan fingerprint density at radius 3 is 2.52 bits per heavy atom. The van der Waals surface area contributed by atoms with E-state index in [1.807, 2.05) is 4.90 Å². The van der Waals surface area contributed by atoms with Crippen LogP contribution in [0.1, 0.15) is 39.0 Å². The van der Waals surface area contributed by atoms with Gasteiger partial charge >= 0.3 is 0 Å². The Bertz CT molecular complexity index is 348. The van der Waals surface area contributed by atoms with Gasteiger partial charge in [0.05, 0.1) is 5.92 Å². The van der Waals surface area contributed by atoms with Crippen LogP contribution < -0.4 is 10.6 Å². The number of amides is 2. The number of hydrogen-bond acceptors (Lipinski definition) is 3. The van der Waals surface area contributed by atoms with Gasteiger partial charge in [0, 0.05) is 32.1 Å². The van der Waals surface area contributed by atoms with Gasteiger partial charge in [-0.05, 0) is 38.6 Å². The molecule has 0 spiro atoms. The van der Waals surface area contributed by atoms with Crippen molar-refractivity contribution < 1.29 is 9.59 Å². The lowest BCUT2D eigenvalue weighted by molar-refractivity contribution is -0.136. The molecule has 122 valence electrons.